The highest BCUT2D eigenvalue weighted by molar-refractivity contribution is 5.80. The lowest BCUT2D eigenvalue weighted by atomic mass is 9.97. The first-order valence-corrected chi connectivity index (χ1v) is 7.06. The molecule has 5 heteroatoms. The van der Waals surface area contributed by atoms with Crippen LogP contribution in [-0.2, 0) is 11.2 Å². The summed E-state index contributed by atoms with van der Waals surface area (Å²) in [5.74, 6) is -1.94. The van der Waals surface area contributed by atoms with Crippen LogP contribution in [-0.4, -0.2) is 28.9 Å². The van der Waals surface area contributed by atoms with E-state index in [1.165, 1.54) is 12.1 Å². The third-order valence-electron chi connectivity index (χ3n) is 4.43. The highest BCUT2D eigenvalue weighted by Crippen LogP contribution is 2.35. The molecule has 1 aromatic carbocycles. The van der Waals surface area contributed by atoms with Gasteiger partial charge in [-0.05, 0) is 31.7 Å². The SMILES string of the molecule is NC1CC2CCC(C1)N2C(=O)Cc1cccc(F)c1F. The van der Waals surface area contributed by atoms with Crippen molar-refractivity contribution < 1.29 is 13.6 Å². The summed E-state index contributed by atoms with van der Waals surface area (Å²) in [6, 6.07) is 4.46. The summed E-state index contributed by atoms with van der Waals surface area (Å²) in [6.07, 6.45) is 3.49. The van der Waals surface area contributed by atoms with Gasteiger partial charge in [-0.25, -0.2) is 8.78 Å². The van der Waals surface area contributed by atoms with Gasteiger partial charge in [-0.2, -0.15) is 0 Å². The summed E-state index contributed by atoms with van der Waals surface area (Å²) in [7, 11) is 0. The van der Waals surface area contributed by atoms with Crippen molar-refractivity contribution >= 4 is 5.91 Å². The van der Waals surface area contributed by atoms with Crippen molar-refractivity contribution in [2.75, 3.05) is 0 Å². The predicted molar refractivity (Wildman–Crippen MR) is 70.9 cm³/mol. The molecule has 2 aliphatic heterocycles. The van der Waals surface area contributed by atoms with Gasteiger partial charge in [0, 0.05) is 23.7 Å². The molecule has 0 aromatic heterocycles. The van der Waals surface area contributed by atoms with Crippen LogP contribution in [0.3, 0.4) is 0 Å². The molecular formula is C15H18F2N2O. The summed E-state index contributed by atoms with van der Waals surface area (Å²) in [4.78, 5) is 14.2. The molecular weight excluding hydrogens is 262 g/mol. The number of fused-ring (bicyclic) bond motifs is 2. The van der Waals surface area contributed by atoms with Crippen molar-refractivity contribution in [2.24, 2.45) is 5.73 Å². The molecule has 2 fully saturated rings. The Morgan fingerprint density at radius 2 is 1.90 bits per heavy atom. The molecule has 108 valence electrons. The molecule has 2 bridgehead atoms. The fraction of sp³-hybridized carbons (Fsp3) is 0.533. The molecule has 0 saturated carbocycles. The van der Waals surface area contributed by atoms with Gasteiger partial charge in [0.2, 0.25) is 5.91 Å². The van der Waals surface area contributed by atoms with E-state index in [0.29, 0.717) is 0 Å². The van der Waals surface area contributed by atoms with Gasteiger partial charge in [-0.1, -0.05) is 12.1 Å². The van der Waals surface area contributed by atoms with Crippen LogP contribution in [0.15, 0.2) is 18.2 Å². The van der Waals surface area contributed by atoms with Gasteiger partial charge in [0.15, 0.2) is 11.6 Å². The van der Waals surface area contributed by atoms with Gasteiger partial charge in [0.1, 0.15) is 0 Å². The van der Waals surface area contributed by atoms with Crippen LogP contribution in [0.1, 0.15) is 31.2 Å². The molecule has 20 heavy (non-hydrogen) atoms. The molecule has 0 radical (unpaired) electrons. The van der Waals surface area contributed by atoms with Crippen LogP contribution in [0, 0.1) is 11.6 Å². The second-order valence-corrected chi connectivity index (χ2v) is 5.81. The van der Waals surface area contributed by atoms with Crippen molar-refractivity contribution in [1.29, 1.82) is 0 Å². The van der Waals surface area contributed by atoms with E-state index in [1.807, 2.05) is 4.90 Å². The molecule has 2 heterocycles. The Bertz CT molecular complexity index is 521. The topological polar surface area (TPSA) is 46.3 Å². The zero-order chi connectivity index (χ0) is 14.3. The van der Waals surface area contributed by atoms with Crippen molar-refractivity contribution in [3.8, 4) is 0 Å². The minimum absolute atomic E-state index is 0.0775. The lowest BCUT2D eigenvalue weighted by Crippen LogP contribution is -2.50. The Hall–Kier alpha value is -1.49. The zero-order valence-electron chi connectivity index (χ0n) is 11.2. The maximum absolute atomic E-state index is 13.6. The summed E-state index contributed by atoms with van der Waals surface area (Å²) in [6.45, 7) is 0. The van der Waals surface area contributed by atoms with Crippen molar-refractivity contribution in [1.82, 2.24) is 4.90 Å². The Labute approximate surface area is 116 Å². The number of nitrogens with zero attached hydrogens (tertiary/aromatic N) is 1. The van der Waals surface area contributed by atoms with E-state index in [4.69, 9.17) is 5.73 Å². The van der Waals surface area contributed by atoms with E-state index in [2.05, 4.69) is 0 Å². The molecule has 2 N–H and O–H groups in total. The zero-order valence-corrected chi connectivity index (χ0v) is 11.2. The lowest BCUT2D eigenvalue weighted by molar-refractivity contribution is -0.135. The Balaban J connectivity index is 1.76. The van der Waals surface area contributed by atoms with Gasteiger partial charge in [-0.3, -0.25) is 4.79 Å². The summed E-state index contributed by atoms with van der Waals surface area (Å²) < 4.78 is 26.8. The number of hydrogen-bond acceptors (Lipinski definition) is 2. The van der Waals surface area contributed by atoms with Crippen LogP contribution < -0.4 is 5.73 Å². The summed E-state index contributed by atoms with van der Waals surface area (Å²) >= 11 is 0. The number of piperidine rings is 1. The third kappa shape index (κ3) is 2.30. The minimum Gasteiger partial charge on any atom is -0.336 e. The predicted octanol–water partition coefficient (Wildman–Crippen LogP) is 1.99. The Kier molecular flexibility index (Phi) is 3.46. The first-order valence-electron chi connectivity index (χ1n) is 7.06. The highest BCUT2D eigenvalue weighted by atomic mass is 19.2. The number of carbonyl (C=O) groups is 1. The summed E-state index contributed by atoms with van der Waals surface area (Å²) in [5, 5.41) is 0. The van der Waals surface area contributed by atoms with E-state index >= 15 is 0 Å². The first kappa shape index (κ1) is 13.5. The normalized spacial score (nSPS) is 28.8. The quantitative estimate of drug-likeness (QED) is 0.900. The average molecular weight is 280 g/mol. The van der Waals surface area contributed by atoms with Gasteiger partial charge in [0.05, 0.1) is 6.42 Å². The number of halogens is 2. The van der Waals surface area contributed by atoms with Crippen LogP contribution in [0.25, 0.3) is 0 Å². The highest BCUT2D eigenvalue weighted by Gasteiger charge is 2.42. The van der Waals surface area contributed by atoms with Gasteiger partial charge >= 0.3 is 0 Å². The second kappa shape index (κ2) is 5.13. The number of amides is 1. The first-order chi connectivity index (χ1) is 9.56. The molecule has 2 unspecified atom stereocenters. The maximum atomic E-state index is 13.6. The molecule has 1 aromatic rings. The number of nitrogens with two attached hydrogens (primary N) is 1. The average Bonchev–Trinajstić information content (AvgIpc) is 2.67. The van der Waals surface area contributed by atoms with E-state index in [9.17, 15) is 13.6 Å². The molecule has 2 atom stereocenters. The second-order valence-electron chi connectivity index (χ2n) is 5.81. The Morgan fingerprint density at radius 3 is 2.55 bits per heavy atom. The number of benzene rings is 1. The number of carbonyl (C=O) groups excluding carboxylic acids is 1. The molecule has 3 nitrogen and oxygen atoms in total. The van der Waals surface area contributed by atoms with Crippen LogP contribution in [0.4, 0.5) is 8.78 Å². The van der Waals surface area contributed by atoms with Gasteiger partial charge in [0.25, 0.3) is 0 Å². The Morgan fingerprint density at radius 1 is 1.25 bits per heavy atom. The molecule has 0 spiro atoms. The largest absolute Gasteiger partial charge is 0.336 e. The molecule has 2 aliphatic rings. The van der Waals surface area contributed by atoms with E-state index in [-0.39, 0.29) is 36.0 Å². The van der Waals surface area contributed by atoms with E-state index < -0.39 is 11.6 Å². The molecule has 2 saturated heterocycles. The smallest absolute Gasteiger partial charge is 0.227 e. The lowest BCUT2D eigenvalue weighted by Gasteiger charge is -2.37. The fourth-order valence-electron chi connectivity index (χ4n) is 3.57. The monoisotopic (exact) mass is 280 g/mol. The van der Waals surface area contributed by atoms with Gasteiger partial charge < -0.3 is 10.6 Å². The number of rotatable bonds is 2. The minimum atomic E-state index is -0.915. The number of hydrogen-bond donors (Lipinski definition) is 1. The van der Waals surface area contributed by atoms with Crippen LogP contribution >= 0.6 is 0 Å². The van der Waals surface area contributed by atoms with Crippen molar-refractivity contribution in [2.45, 2.75) is 50.2 Å². The van der Waals surface area contributed by atoms with Crippen molar-refractivity contribution in [3.63, 3.8) is 0 Å². The standard InChI is InChI=1S/C15H18F2N2O/c16-13-3-1-2-9(15(13)17)6-14(20)19-11-4-5-12(19)8-10(18)7-11/h1-3,10-12H,4-8,18H2. The van der Waals surface area contributed by atoms with Gasteiger partial charge in [-0.15, -0.1) is 0 Å². The van der Waals surface area contributed by atoms with Crippen molar-refractivity contribution in [3.05, 3.63) is 35.4 Å². The maximum Gasteiger partial charge on any atom is 0.227 e. The molecule has 3 rings (SSSR count). The van der Waals surface area contributed by atoms with E-state index in [0.717, 1.165) is 31.7 Å². The molecule has 1 amide bonds. The fourth-order valence-corrected chi connectivity index (χ4v) is 3.57. The third-order valence-corrected chi connectivity index (χ3v) is 4.43. The summed E-state index contributed by atoms with van der Waals surface area (Å²) in [5.41, 5.74) is 6.10. The van der Waals surface area contributed by atoms with Crippen LogP contribution in [0.2, 0.25) is 0 Å². The van der Waals surface area contributed by atoms with Crippen LogP contribution in [0.5, 0.6) is 0 Å². The van der Waals surface area contributed by atoms with E-state index in [1.54, 1.807) is 0 Å². The molecule has 0 aliphatic carbocycles.